The van der Waals surface area contributed by atoms with Crippen LogP contribution in [0.5, 0.6) is 0 Å². The molecule has 0 radical (unpaired) electrons. The second kappa shape index (κ2) is 5.10. The Hall–Kier alpha value is -0.900. The molecular weight excluding hydrogens is 202 g/mol. The Morgan fingerprint density at radius 2 is 2.00 bits per heavy atom. The molecule has 0 aliphatic carbocycles. The number of aliphatic hydroxyl groups is 1. The number of hydrogen-bond acceptors (Lipinski definition) is 3. The van der Waals surface area contributed by atoms with Gasteiger partial charge in [-0.15, -0.1) is 0 Å². The predicted molar refractivity (Wildman–Crippen MR) is 55.5 cm³/mol. The van der Waals surface area contributed by atoms with Crippen molar-refractivity contribution in [1.29, 1.82) is 0 Å². The van der Waals surface area contributed by atoms with Crippen LogP contribution in [-0.2, 0) is 0 Å². The fourth-order valence-electron chi connectivity index (χ4n) is 1.06. The molecule has 4 heteroatoms. The summed E-state index contributed by atoms with van der Waals surface area (Å²) in [6.45, 7) is -0.181. The van der Waals surface area contributed by atoms with Crippen molar-refractivity contribution in [3.63, 3.8) is 0 Å². The number of rotatable bonds is 4. The Balaban J connectivity index is 2.65. The largest absolute Gasteiger partial charge is 0.395 e. The lowest BCUT2D eigenvalue weighted by atomic mass is 10.0. The molecule has 1 unspecified atom stereocenters. The Morgan fingerprint density at radius 1 is 1.43 bits per heavy atom. The highest BCUT2D eigenvalue weighted by molar-refractivity contribution is 6.30. The summed E-state index contributed by atoms with van der Waals surface area (Å²) in [6.07, 6.45) is 0.151. The summed E-state index contributed by atoms with van der Waals surface area (Å²) < 4.78 is 0. The zero-order chi connectivity index (χ0) is 10.6. The number of Topliss-reactive ketones (excluding diaryl/α,β-unsaturated/α-hetero) is 1. The van der Waals surface area contributed by atoms with E-state index in [1.54, 1.807) is 24.3 Å². The van der Waals surface area contributed by atoms with Gasteiger partial charge in [0.2, 0.25) is 0 Å². The van der Waals surface area contributed by atoms with Crippen LogP contribution in [0.15, 0.2) is 24.3 Å². The van der Waals surface area contributed by atoms with Crippen molar-refractivity contribution in [2.24, 2.45) is 5.73 Å². The molecule has 0 saturated carbocycles. The van der Waals surface area contributed by atoms with E-state index in [1.165, 1.54) is 0 Å². The Kier molecular flexibility index (Phi) is 4.07. The third-order valence-corrected chi connectivity index (χ3v) is 2.10. The monoisotopic (exact) mass is 213 g/mol. The van der Waals surface area contributed by atoms with Crippen LogP contribution < -0.4 is 5.73 Å². The molecule has 0 heterocycles. The number of hydrogen-bond donors (Lipinski definition) is 2. The van der Waals surface area contributed by atoms with Gasteiger partial charge in [-0.05, 0) is 24.3 Å². The lowest BCUT2D eigenvalue weighted by Crippen LogP contribution is -2.27. The fraction of sp³-hybridized carbons (Fsp3) is 0.300. The van der Waals surface area contributed by atoms with Crippen molar-refractivity contribution < 1.29 is 9.90 Å². The molecule has 1 rings (SSSR count). The molecule has 3 nitrogen and oxygen atoms in total. The Morgan fingerprint density at radius 3 is 2.50 bits per heavy atom. The van der Waals surface area contributed by atoms with Gasteiger partial charge in [0.25, 0.3) is 0 Å². The predicted octanol–water partition coefficient (Wildman–Crippen LogP) is 1.23. The molecule has 1 aromatic rings. The molecule has 76 valence electrons. The number of aliphatic hydroxyl groups excluding tert-OH is 1. The Bertz CT molecular complexity index is 310. The molecule has 0 bridgehead atoms. The maximum Gasteiger partial charge on any atom is 0.164 e. The standard InChI is InChI=1S/C10H12ClNO2/c11-8-3-1-7(2-4-8)10(14)5-9(12)6-13/h1-4,9,13H,5-6,12H2. The van der Waals surface area contributed by atoms with Crippen molar-refractivity contribution in [3.05, 3.63) is 34.9 Å². The van der Waals surface area contributed by atoms with Crippen LogP contribution in [0.2, 0.25) is 5.02 Å². The van der Waals surface area contributed by atoms with E-state index in [4.69, 9.17) is 22.4 Å². The molecule has 0 saturated heterocycles. The van der Waals surface area contributed by atoms with Crippen molar-refractivity contribution in [1.82, 2.24) is 0 Å². The molecule has 3 N–H and O–H groups in total. The highest BCUT2D eigenvalue weighted by atomic mass is 35.5. The first-order chi connectivity index (χ1) is 6.63. The van der Waals surface area contributed by atoms with Crippen LogP contribution in [0, 0.1) is 0 Å². The summed E-state index contributed by atoms with van der Waals surface area (Å²) in [5.41, 5.74) is 6.01. The second-order valence-electron chi connectivity index (χ2n) is 3.08. The van der Waals surface area contributed by atoms with E-state index >= 15 is 0 Å². The van der Waals surface area contributed by atoms with Gasteiger partial charge in [0.05, 0.1) is 6.61 Å². The minimum Gasteiger partial charge on any atom is -0.395 e. The zero-order valence-corrected chi connectivity index (χ0v) is 8.37. The zero-order valence-electron chi connectivity index (χ0n) is 7.61. The topological polar surface area (TPSA) is 63.3 Å². The third kappa shape index (κ3) is 3.10. The Labute approximate surface area is 87.5 Å². The van der Waals surface area contributed by atoms with Gasteiger partial charge in [0, 0.05) is 23.0 Å². The minimum atomic E-state index is -0.488. The van der Waals surface area contributed by atoms with Crippen LogP contribution in [0.1, 0.15) is 16.8 Å². The normalized spacial score (nSPS) is 12.5. The highest BCUT2D eigenvalue weighted by Crippen LogP contribution is 2.11. The van der Waals surface area contributed by atoms with E-state index in [-0.39, 0.29) is 18.8 Å². The number of carbonyl (C=O) groups is 1. The SMILES string of the molecule is NC(CO)CC(=O)c1ccc(Cl)cc1. The summed E-state index contributed by atoms with van der Waals surface area (Å²) >= 11 is 5.67. The van der Waals surface area contributed by atoms with Crippen molar-refractivity contribution in [2.45, 2.75) is 12.5 Å². The minimum absolute atomic E-state index is 0.0804. The average molecular weight is 214 g/mol. The van der Waals surface area contributed by atoms with E-state index in [9.17, 15) is 4.79 Å². The van der Waals surface area contributed by atoms with E-state index in [0.29, 0.717) is 10.6 Å². The molecular formula is C10H12ClNO2. The first-order valence-corrected chi connectivity index (χ1v) is 4.66. The van der Waals surface area contributed by atoms with Crippen molar-refractivity contribution in [2.75, 3.05) is 6.61 Å². The maximum absolute atomic E-state index is 11.5. The summed E-state index contributed by atoms with van der Waals surface area (Å²) in [6, 6.07) is 6.11. The van der Waals surface area contributed by atoms with Crippen LogP contribution in [0.3, 0.4) is 0 Å². The highest BCUT2D eigenvalue weighted by Gasteiger charge is 2.10. The lowest BCUT2D eigenvalue weighted by molar-refractivity contribution is 0.0961. The van der Waals surface area contributed by atoms with Crippen LogP contribution >= 0.6 is 11.6 Å². The van der Waals surface area contributed by atoms with Crippen LogP contribution in [-0.4, -0.2) is 23.5 Å². The van der Waals surface area contributed by atoms with E-state index in [0.717, 1.165) is 0 Å². The third-order valence-electron chi connectivity index (χ3n) is 1.85. The first kappa shape index (κ1) is 11.2. The van der Waals surface area contributed by atoms with Gasteiger partial charge in [-0.25, -0.2) is 0 Å². The molecule has 0 spiro atoms. The molecule has 0 aliphatic heterocycles. The fourth-order valence-corrected chi connectivity index (χ4v) is 1.18. The molecule has 0 aromatic heterocycles. The van der Waals surface area contributed by atoms with Crippen LogP contribution in [0.25, 0.3) is 0 Å². The van der Waals surface area contributed by atoms with Gasteiger partial charge in [0.1, 0.15) is 0 Å². The molecule has 0 amide bonds. The van der Waals surface area contributed by atoms with Gasteiger partial charge < -0.3 is 10.8 Å². The van der Waals surface area contributed by atoms with Gasteiger partial charge in [0.15, 0.2) is 5.78 Å². The number of ketones is 1. The lowest BCUT2D eigenvalue weighted by Gasteiger charge is -2.06. The molecule has 0 aliphatic rings. The second-order valence-corrected chi connectivity index (χ2v) is 3.51. The molecule has 1 aromatic carbocycles. The number of halogens is 1. The van der Waals surface area contributed by atoms with E-state index < -0.39 is 6.04 Å². The number of carbonyl (C=O) groups excluding carboxylic acids is 1. The molecule has 0 fully saturated rings. The van der Waals surface area contributed by atoms with Crippen molar-refractivity contribution >= 4 is 17.4 Å². The smallest absolute Gasteiger partial charge is 0.164 e. The first-order valence-electron chi connectivity index (χ1n) is 4.28. The van der Waals surface area contributed by atoms with Gasteiger partial charge in [-0.2, -0.15) is 0 Å². The van der Waals surface area contributed by atoms with Gasteiger partial charge in [-0.3, -0.25) is 4.79 Å². The van der Waals surface area contributed by atoms with Crippen LogP contribution in [0.4, 0.5) is 0 Å². The maximum atomic E-state index is 11.5. The molecule has 14 heavy (non-hydrogen) atoms. The number of benzene rings is 1. The van der Waals surface area contributed by atoms with Gasteiger partial charge >= 0.3 is 0 Å². The summed E-state index contributed by atoms with van der Waals surface area (Å²) in [5.74, 6) is -0.0804. The van der Waals surface area contributed by atoms with Crippen molar-refractivity contribution in [3.8, 4) is 0 Å². The quantitative estimate of drug-likeness (QED) is 0.740. The number of nitrogens with two attached hydrogens (primary N) is 1. The molecule has 1 atom stereocenters. The average Bonchev–Trinajstić information content (AvgIpc) is 2.18. The van der Waals surface area contributed by atoms with E-state index in [2.05, 4.69) is 0 Å². The van der Waals surface area contributed by atoms with E-state index in [1.807, 2.05) is 0 Å². The summed E-state index contributed by atoms with van der Waals surface area (Å²) in [5, 5.41) is 9.27. The summed E-state index contributed by atoms with van der Waals surface area (Å²) in [7, 11) is 0. The van der Waals surface area contributed by atoms with Gasteiger partial charge in [-0.1, -0.05) is 11.6 Å². The summed E-state index contributed by atoms with van der Waals surface area (Å²) in [4.78, 5) is 11.5.